The molecule has 3 heterocycles. The molecular weight excluding hydrogens is 548 g/mol. The number of fused-ring (bicyclic) bond motifs is 13. The van der Waals surface area contributed by atoms with E-state index in [0.717, 1.165) is 5.56 Å². The second-order valence-electron chi connectivity index (χ2n) is 9.23. The fourth-order valence-corrected chi connectivity index (χ4v) is 5.19. The number of hydrogen-bond acceptors (Lipinski definition) is 11. The number of aromatic nitrogens is 2. The normalized spacial score (nSPS) is 17.3. The molecule has 0 saturated heterocycles. The zero-order valence-electron chi connectivity index (χ0n) is 23.0. The van der Waals surface area contributed by atoms with E-state index in [9.17, 15) is 13.2 Å². The number of carbonyl (C=O) groups is 1. The molecule has 0 fully saturated rings. The summed E-state index contributed by atoms with van der Waals surface area (Å²) in [6.45, 7) is 2.18. The number of nitrogen functional groups attached to an aromatic ring is 1. The molecule has 2 aliphatic heterocycles. The number of carbonyl (C=O) groups excluding carboxylic acids is 1. The van der Waals surface area contributed by atoms with Crippen LogP contribution in [0.3, 0.4) is 0 Å². The van der Waals surface area contributed by atoms with E-state index in [0.29, 0.717) is 48.9 Å². The van der Waals surface area contributed by atoms with E-state index in [1.54, 1.807) is 24.3 Å². The number of ketones is 1. The maximum atomic E-state index is 13.2. The molecule has 5 rings (SSSR count). The molecule has 1 aromatic heterocycles. The molecule has 0 unspecified atom stereocenters. The lowest BCUT2D eigenvalue weighted by Gasteiger charge is -2.17. The highest BCUT2D eigenvalue weighted by molar-refractivity contribution is 7.89. The standard InChI is InChI=1S/C28H34N6O6S/c1-31-17-21-4-3-20-15-26(21)40-14-13-39-12-11-38-10-9-34(2)41(36,37)22-7-5-19(6-8-22)24-18-32-28(30)27(33-24)25(35)16-23(20)29/h3-8,15-16,18,31H,9-14,17,29H2,1-2H3,(H2,30,32). The molecule has 2 aliphatic rings. The van der Waals surface area contributed by atoms with E-state index in [1.807, 2.05) is 13.1 Å². The lowest BCUT2D eigenvalue weighted by molar-refractivity contribution is 0.0346. The maximum Gasteiger partial charge on any atom is 0.242 e. The predicted octanol–water partition coefficient (Wildman–Crippen LogP) is 1.67. The van der Waals surface area contributed by atoms with Crippen molar-refractivity contribution < 1.29 is 27.4 Å². The van der Waals surface area contributed by atoms with E-state index in [4.69, 9.17) is 25.7 Å². The van der Waals surface area contributed by atoms with Gasteiger partial charge in [0.05, 0.1) is 43.2 Å². The number of allylic oxidation sites excluding steroid dienone is 1. The van der Waals surface area contributed by atoms with Crippen molar-refractivity contribution in [1.29, 1.82) is 0 Å². The van der Waals surface area contributed by atoms with Crippen molar-refractivity contribution in [3.8, 4) is 17.0 Å². The van der Waals surface area contributed by atoms with Crippen LogP contribution in [-0.4, -0.2) is 82.1 Å². The molecule has 0 atom stereocenters. The second-order valence-corrected chi connectivity index (χ2v) is 11.3. The van der Waals surface area contributed by atoms with Crippen molar-refractivity contribution in [2.45, 2.75) is 11.4 Å². The van der Waals surface area contributed by atoms with E-state index in [1.165, 1.54) is 35.8 Å². The molecule has 0 amide bonds. The molecule has 0 spiro atoms. The molecule has 41 heavy (non-hydrogen) atoms. The number of rotatable bonds is 2. The number of sulfonamides is 1. The second kappa shape index (κ2) is 13.7. The number of ether oxygens (including phenoxy) is 3. The molecule has 3 aromatic rings. The summed E-state index contributed by atoms with van der Waals surface area (Å²) >= 11 is 0. The fourth-order valence-electron chi connectivity index (χ4n) is 4.04. The summed E-state index contributed by atoms with van der Waals surface area (Å²) in [5.41, 5.74) is 14.8. The van der Waals surface area contributed by atoms with Gasteiger partial charge in [-0.3, -0.25) is 4.79 Å². The number of hydrogen-bond donors (Lipinski definition) is 3. The molecule has 6 bridgehead atoms. The average Bonchev–Trinajstić information content (AvgIpc) is 2.96. The van der Waals surface area contributed by atoms with Crippen molar-refractivity contribution in [2.75, 3.05) is 59.4 Å². The third kappa shape index (κ3) is 7.45. The fraction of sp³-hybridized carbons (Fsp3) is 0.321. The minimum absolute atomic E-state index is 0.0549. The van der Waals surface area contributed by atoms with Crippen LogP contribution in [0, 0.1) is 0 Å². The molecule has 0 radical (unpaired) electrons. The first-order chi connectivity index (χ1) is 19.7. The minimum atomic E-state index is -3.74. The Morgan fingerprint density at radius 2 is 1.66 bits per heavy atom. The highest BCUT2D eigenvalue weighted by Gasteiger charge is 2.21. The van der Waals surface area contributed by atoms with E-state index < -0.39 is 15.8 Å². The Bertz CT molecular complexity index is 1510. The number of anilines is 1. The van der Waals surface area contributed by atoms with Gasteiger partial charge in [-0.25, -0.2) is 18.4 Å². The Morgan fingerprint density at radius 1 is 0.976 bits per heavy atom. The van der Waals surface area contributed by atoms with Crippen LogP contribution in [0.2, 0.25) is 0 Å². The number of nitrogens with one attached hydrogen (secondary N) is 1. The van der Waals surface area contributed by atoms with Crippen LogP contribution in [0.5, 0.6) is 5.75 Å². The molecule has 5 N–H and O–H groups in total. The first-order valence-corrected chi connectivity index (χ1v) is 14.4. The van der Waals surface area contributed by atoms with Gasteiger partial charge in [0.1, 0.15) is 12.4 Å². The van der Waals surface area contributed by atoms with Crippen molar-refractivity contribution >= 4 is 27.3 Å². The molecule has 0 saturated carbocycles. The van der Waals surface area contributed by atoms with Crippen LogP contribution in [0.4, 0.5) is 5.82 Å². The lowest BCUT2D eigenvalue weighted by Crippen LogP contribution is -2.30. The van der Waals surface area contributed by atoms with Crippen LogP contribution >= 0.6 is 0 Å². The predicted molar refractivity (Wildman–Crippen MR) is 155 cm³/mol. The summed E-state index contributed by atoms with van der Waals surface area (Å²) in [5.74, 6) is 0.0200. The summed E-state index contributed by atoms with van der Waals surface area (Å²) in [5, 5.41) is 3.10. The summed E-state index contributed by atoms with van der Waals surface area (Å²) < 4.78 is 44.3. The molecule has 218 valence electrons. The summed E-state index contributed by atoms with van der Waals surface area (Å²) in [4.78, 5) is 21.8. The molecule has 13 heteroatoms. The molecule has 2 aromatic carbocycles. The van der Waals surface area contributed by atoms with Crippen molar-refractivity contribution in [2.24, 2.45) is 5.73 Å². The third-order valence-electron chi connectivity index (χ3n) is 6.35. The number of nitrogens with zero attached hydrogens (tertiary/aromatic N) is 3. The minimum Gasteiger partial charge on any atom is -0.491 e. The zero-order chi connectivity index (χ0) is 29.4. The largest absolute Gasteiger partial charge is 0.491 e. The molecule has 12 nitrogen and oxygen atoms in total. The maximum absolute atomic E-state index is 13.2. The average molecular weight is 583 g/mol. The zero-order valence-corrected chi connectivity index (χ0v) is 23.8. The van der Waals surface area contributed by atoms with Gasteiger partial charge in [0, 0.05) is 48.6 Å². The van der Waals surface area contributed by atoms with Crippen LogP contribution in [0.15, 0.2) is 59.6 Å². The Balaban J connectivity index is 1.69. The Hall–Kier alpha value is -3.88. The number of likely N-dealkylation sites (N-methyl/N-ethyl adjacent to an activating group) is 1. The van der Waals surface area contributed by atoms with Gasteiger partial charge >= 0.3 is 0 Å². The summed E-state index contributed by atoms with van der Waals surface area (Å²) in [6, 6.07) is 11.6. The van der Waals surface area contributed by atoms with Crippen LogP contribution in [-0.2, 0) is 26.0 Å². The SMILES string of the molecule is CNCc1ccc2cc1OCCOCCOCCN(C)S(=O)(=O)c1ccc(cc1)-c1cnc(N)c(n1)C(=O)C=C2N. The van der Waals surface area contributed by atoms with E-state index >= 15 is 0 Å². The molecular formula is C28H34N6O6S. The van der Waals surface area contributed by atoms with Crippen molar-refractivity contribution in [3.05, 3.63) is 71.6 Å². The van der Waals surface area contributed by atoms with Crippen molar-refractivity contribution in [3.63, 3.8) is 0 Å². The van der Waals surface area contributed by atoms with Gasteiger partial charge in [0.15, 0.2) is 11.5 Å². The third-order valence-corrected chi connectivity index (χ3v) is 8.23. The Morgan fingerprint density at radius 3 is 2.39 bits per heavy atom. The monoisotopic (exact) mass is 582 g/mol. The van der Waals surface area contributed by atoms with Crippen molar-refractivity contribution in [1.82, 2.24) is 19.6 Å². The van der Waals surface area contributed by atoms with Gasteiger partial charge in [-0.2, -0.15) is 4.31 Å². The number of nitrogens with two attached hydrogens (primary N) is 2. The lowest BCUT2D eigenvalue weighted by atomic mass is 10.1. The molecule has 0 aliphatic carbocycles. The first-order valence-electron chi connectivity index (χ1n) is 13.0. The van der Waals surface area contributed by atoms with Crippen LogP contribution in [0.25, 0.3) is 17.0 Å². The van der Waals surface area contributed by atoms with Gasteiger partial charge in [-0.1, -0.05) is 24.3 Å². The van der Waals surface area contributed by atoms with Crippen LogP contribution in [0.1, 0.15) is 21.6 Å². The highest BCUT2D eigenvalue weighted by Crippen LogP contribution is 2.25. The van der Waals surface area contributed by atoms with Gasteiger partial charge < -0.3 is 31.0 Å². The summed E-state index contributed by atoms with van der Waals surface area (Å²) in [7, 11) is -0.422. The smallest absolute Gasteiger partial charge is 0.242 e. The topological polar surface area (TPSA) is 172 Å². The Kier molecular flexibility index (Phi) is 10.0. The van der Waals surface area contributed by atoms with E-state index in [2.05, 4.69) is 15.3 Å². The van der Waals surface area contributed by atoms with Gasteiger partial charge in [-0.05, 0) is 25.2 Å². The first kappa shape index (κ1) is 30.1. The Labute approximate surface area is 239 Å². The summed E-state index contributed by atoms with van der Waals surface area (Å²) in [6.07, 6.45) is 2.66. The number of benzene rings is 2. The highest BCUT2D eigenvalue weighted by atomic mass is 32.2. The van der Waals surface area contributed by atoms with Crippen LogP contribution < -0.4 is 21.5 Å². The van der Waals surface area contributed by atoms with Gasteiger partial charge in [0.25, 0.3) is 0 Å². The quantitative estimate of drug-likeness (QED) is 0.375. The van der Waals surface area contributed by atoms with Gasteiger partial charge in [0.2, 0.25) is 15.8 Å². The van der Waals surface area contributed by atoms with E-state index in [-0.39, 0.29) is 41.9 Å². The van der Waals surface area contributed by atoms with Gasteiger partial charge in [-0.15, -0.1) is 0 Å².